The Balaban J connectivity index is 1.75. The van der Waals surface area contributed by atoms with E-state index < -0.39 is 0 Å². The molecule has 3 N–H and O–H groups in total. The molecule has 21 heavy (non-hydrogen) atoms. The molecule has 1 aliphatic heterocycles. The van der Waals surface area contributed by atoms with Crippen LogP contribution >= 0.6 is 0 Å². The number of hydrogen-bond acceptors (Lipinski definition) is 5. The van der Waals surface area contributed by atoms with Gasteiger partial charge in [-0.05, 0) is 24.3 Å². The van der Waals surface area contributed by atoms with Gasteiger partial charge in [0.2, 0.25) is 5.91 Å². The van der Waals surface area contributed by atoms with E-state index in [1.807, 2.05) is 6.07 Å². The number of anilines is 1. The maximum Gasteiger partial charge on any atom is 0.225 e. The van der Waals surface area contributed by atoms with Crippen LogP contribution in [0.25, 0.3) is 0 Å². The Bertz CT molecular complexity index is 509. The van der Waals surface area contributed by atoms with Crippen molar-refractivity contribution in [3.8, 4) is 6.07 Å². The summed E-state index contributed by atoms with van der Waals surface area (Å²) in [6, 6.07) is 8.88. The zero-order valence-electron chi connectivity index (χ0n) is 11.9. The van der Waals surface area contributed by atoms with Gasteiger partial charge in [0, 0.05) is 38.3 Å². The van der Waals surface area contributed by atoms with Crippen molar-refractivity contribution in [3.63, 3.8) is 0 Å². The van der Waals surface area contributed by atoms with Crippen LogP contribution in [0.4, 0.5) is 5.69 Å². The average Bonchev–Trinajstić information content (AvgIpc) is 2.54. The predicted octanol–water partition coefficient (Wildman–Crippen LogP) is 0.546. The number of nitriles is 1. The summed E-state index contributed by atoms with van der Waals surface area (Å²) in [5.74, 6) is -0.0319. The topological polar surface area (TPSA) is 91.4 Å². The first-order chi connectivity index (χ1) is 10.2. The fraction of sp³-hybridized carbons (Fsp3) is 0.467. The molecule has 1 amide bonds. The van der Waals surface area contributed by atoms with Crippen molar-refractivity contribution in [3.05, 3.63) is 29.8 Å². The quantitative estimate of drug-likeness (QED) is 0.825. The van der Waals surface area contributed by atoms with Gasteiger partial charge in [-0.1, -0.05) is 0 Å². The Hall–Kier alpha value is -1.94. The van der Waals surface area contributed by atoms with Crippen molar-refractivity contribution in [1.29, 1.82) is 5.26 Å². The SMILES string of the molecule is N#Cc1ccc(NC(=O)CCN2CCOC(CN)C2)cc1. The molecule has 112 valence electrons. The lowest BCUT2D eigenvalue weighted by Crippen LogP contribution is -2.46. The Kier molecular flexibility index (Phi) is 5.69. The normalized spacial score (nSPS) is 19.0. The van der Waals surface area contributed by atoms with Gasteiger partial charge in [0.25, 0.3) is 0 Å². The molecule has 0 radical (unpaired) electrons. The lowest BCUT2D eigenvalue weighted by atomic mass is 10.2. The standard InChI is InChI=1S/C15H20N4O2/c16-9-12-1-3-13(4-2-12)18-15(20)5-6-19-7-8-21-14(10-17)11-19/h1-4,14H,5-8,10-11,17H2,(H,18,20). The number of amides is 1. The van der Waals surface area contributed by atoms with Gasteiger partial charge < -0.3 is 15.8 Å². The molecular formula is C15H20N4O2. The lowest BCUT2D eigenvalue weighted by molar-refractivity contribution is -0.117. The summed E-state index contributed by atoms with van der Waals surface area (Å²) in [5, 5.41) is 11.5. The molecular weight excluding hydrogens is 268 g/mol. The Morgan fingerprint density at radius 2 is 2.24 bits per heavy atom. The molecule has 0 aromatic heterocycles. The number of morpholine rings is 1. The van der Waals surface area contributed by atoms with Crippen molar-refractivity contribution in [2.24, 2.45) is 5.73 Å². The highest BCUT2D eigenvalue weighted by Gasteiger charge is 2.19. The molecule has 1 saturated heterocycles. The van der Waals surface area contributed by atoms with Crippen molar-refractivity contribution in [1.82, 2.24) is 4.90 Å². The molecule has 1 fully saturated rings. The number of hydrogen-bond donors (Lipinski definition) is 2. The fourth-order valence-corrected chi connectivity index (χ4v) is 2.24. The minimum absolute atomic E-state index is 0.0319. The first-order valence-electron chi connectivity index (χ1n) is 7.05. The number of nitrogens with one attached hydrogen (secondary N) is 1. The van der Waals surface area contributed by atoms with E-state index in [9.17, 15) is 4.79 Å². The number of ether oxygens (including phenoxy) is 1. The first-order valence-corrected chi connectivity index (χ1v) is 7.05. The molecule has 1 aliphatic rings. The monoisotopic (exact) mass is 288 g/mol. The summed E-state index contributed by atoms with van der Waals surface area (Å²) in [6.07, 6.45) is 0.498. The lowest BCUT2D eigenvalue weighted by Gasteiger charge is -2.32. The molecule has 0 spiro atoms. The average molecular weight is 288 g/mol. The van der Waals surface area contributed by atoms with Crippen molar-refractivity contribution < 1.29 is 9.53 Å². The molecule has 1 heterocycles. The van der Waals surface area contributed by atoms with Gasteiger partial charge in [0.05, 0.1) is 24.3 Å². The van der Waals surface area contributed by atoms with E-state index in [0.717, 1.165) is 13.1 Å². The molecule has 1 atom stereocenters. The highest BCUT2D eigenvalue weighted by Crippen LogP contribution is 2.10. The molecule has 6 nitrogen and oxygen atoms in total. The number of carbonyl (C=O) groups excluding carboxylic acids is 1. The van der Waals surface area contributed by atoms with Crippen LogP contribution in [0.15, 0.2) is 24.3 Å². The summed E-state index contributed by atoms with van der Waals surface area (Å²) >= 11 is 0. The second kappa shape index (κ2) is 7.74. The van der Waals surface area contributed by atoms with Gasteiger partial charge in [-0.2, -0.15) is 5.26 Å². The second-order valence-corrected chi connectivity index (χ2v) is 5.02. The smallest absolute Gasteiger partial charge is 0.225 e. The molecule has 1 aromatic carbocycles. The summed E-state index contributed by atoms with van der Waals surface area (Å²) < 4.78 is 5.49. The second-order valence-electron chi connectivity index (χ2n) is 5.02. The maximum absolute atomic E-state index is 11.9. The van der Waals surface area contributed by atoms with Crippen molar-refractivity contribution >= 4 is 11.6 Å². The molecule has 1 aromatic rings. The van der Waals surface area contributed by atoms with E-state index in [0.29, 0.717) is 37.4 Å². The number of benzene rings is 1. The number of nitrogens with two attached hydrogens (primary N) is 1. The van der Waals surface area contributed by atoms with E-state index >= 15 is 0 Å². The van der Waals surface area contributed by atoms with E-state index in [-0.39, 0.29) is 12.0 Å². The molecule has 6 heteroatoms. The van der Waals surface area contributed by atoms with E-state index in [2.05, 4.69) is 10.2 Å². The van der Waals surface area contributed by atoms with Gasteiger partial charge in [-0.15, -0.1) is 0 Å². The van der Waals surface area contributed by atoms with Crippen LogP contribution in [0, 0.1) is 11.3 Å². The van der Waals surface area contributed by atoms with E-state index in [4.69, 9.17) is 15.7 Å². The predicted molar refractivity (Wildman–Crippen MR) is 79.6 cm³/mol. The third-order valence-electron chi connectivity index (χ3n) is 3.44. The molecule has 2 rings (SSSR count). The third kappa shape index (κ3) is 4.83. The first kappa shape index (κ1) is 15.4. The van der Waals surface area contributed by atoms with Gasteiger partial charge in [0.1, 0.15) is 0 Å². The summed E-state index contributed by atoms with van der Waals surface area (Å²) in [6.45, 7) is 3.48. The maximum atomic E-state index is 11.9. The van der Waals surface area contributed by atoms with Crippen LogP contribution in [0.2, 0.25) is 0 Å². The van der Waals surface area contributed by atoms with E-state index in [1.165, 1.54) is 0 Å². The van der Waals surface area contributed by atoms with E-state index in [1.54, 1.807) is 24.3 Å². The Morgan fingerprint density at radius 3 is 2.90 bits per heavy atom. The van der Waals surface area contributed by atoms with Gasteiger partial charge in [-0.3, -0.25) is 9.69 Å². The zero-order valence-corrected chi connectivity index (χ0v) is 11.9. The van der Waals surface area contributed by atoms with Crippen LogP contribution in [-0.4, -0.2) is 49.7 Å². The van der Waals surface area contributed by atoms with Crippen LogP contribution in [0.1, 0.15) is 12.0 Å². The van der Waals surface area contributed by atoms with Gasteiger partial charge in [0.15, 0.2) is 0 Å². The molecule has 0 saturated carbocycles. The Labute approximate surface area is 124 Å². The van der Waals surface area contributed by atoms with Gasteiger partial charge >= 0.3 is 0 Å². The van der Waals surface area contributed by atoms with Crippen LogP contribution in [0.3, 0.4) is 0 Å². The number of nitrogens with zero attached hydrogens (tertiary/aromatic N) is 2. The Morgan fingerprint density at radius 1 is 1.48 bits per heavy atom. The number of carbonyl (C=O) groups is 1. The summed E-state index contributed by atoms with van der Waals surface area (Å²) in [7, 11) is 0. The molecule has 1 unspecified atom stereocenters. The third-order valence-corrected chi connectivity index (χ3v) is 3.44. The highest BCUT2D eigenvalue weighted by molar-refractivity contribution is 5.90. The van der Waals surface area contributed by atoms with Gasteiger partial charge in [-0.25, -0.2) is 0 Å². The minimum Gasteiger partial charge on any atom is -0.374 e. The summed E-state index contributed by atoms with van der Waals surface area (Å²) in [4.78, 5) is 14.1. The highest BCUT2D eigenvalue weighted by atomic mass is 16.5. The van der Waals surface area contributed by atoms with Crippen LogP contribution in [0.5, 0.6) is 0 Å². The van der Waals surface area contributed by atoms with Crippen LogP contribution < -0.4 is 11.1 Å². The van der Waals surface area contributed by atoms with Crippen LogP contribution in [-0.2, 0) is 9.53 Å². The zero-order chi connectivity index (χ0) is 15.1. The van der Waals surface area contributed by atoms with Crippen molar-refractivity contribution in [2.75, 3.05) is 38.1 Å². The summed E-state index contributed by atoms with van der Waals surface area (Å²) in [5.41, 5.74) is 6.88. The molecule has 0 aliphatic carbocycles. The largest absolute Gasteiger partial charge is 0.374 e. The minimum atomic E-state index is -0.0319. The molecule has 0 bridgehead atoms. The number of rotatable bonds is 5. The fourth-order valence-electron chi connectivity index (χ4n) is 2.24. The van der Waals surface area contributed by atoms with Crippen molar-refractivity contribution in [2.45, 2.75) is 12.5 Å².